The molecule has 0 radical (unpaired) electrons. The molecule has 0 aromatic carbocycles. The minimum atomic E-state index is -3.98. The number of nitrogens with zero attached hydrogens (tertiary/aromatic N) is 4. The Balaban J connectivity index is 1.67. The first-order valence-electron chi connectivity index (χ1n) is 12.2. The lowest BCUT2D eigenvalue weighted by Gasteiger charge is -2.35. The monoisotopic (exact) mass is 463 g/mol. The van der Waals surface area contributed by atoms with Crippen molar-refractivity contribution in [3.63, 3.8) is 0 Å². The Kier molecular flexibility index (Phi) is 4.71. The van der Waals surface area contributed by atoms with Crippen molar-refractivity contribution < 1.29 is 25.8 Å². The molecule has 1 N–H and O–H groups in total. The van der Waals surface area contributed by atoms with E-state index < -0.39 is 47.9 Å². The molecule has 2 atom stereocenters. The number of hydrogen-bond donors (Lipinski definition) is 1. The standard InChI is InChI=1S/C19H25ClFN5O3S/c1-12-11-26(30(28,29)9-7-16(27)25(2)3)8-6-14(12)17-18(20)24-19(23-17)15-5-4-13(21)10-22-15/h4-5,10,12,14H,6-9,11H2,1-3H3,(H,23,24)/t12-,14+/m0/s1/i2D3,3D3. The SMILES string of the molecule is [2H]C([2H])([2H])N(C(=O)CCS(=O)(=O)N1CC[C@@H](c2[nH]c(-c3ccc(F)cn3)nc2Cl)[C@@H](C)C1)C([2H])([2H])[2H]. The second kappa shape index (κ2) is 8.99. The number of aromatic nitrogens is 3. The van der Waals surface area contributed by atoms with Crippen LogP contribution in [0.1, 0.15) is 39.6 Å². The Bertz CT molecular complexity index is 1190. The maximum absolute atomic E-state index is 13.2. The zero-order valence-corrected chi connectivity index (χ0v) is 17.7. The quantitative estimate of drug-likeness (QED) is 0.709. The number of hydrogen-bond acceptors (Lipinski definition) is 5. The number of aromatic amines is 1. The van der Waals surface area contributed by atoms with E-state index in [0.29, 0.717) is 23.6 Å². The number of carbonyl (C=O) groups excluding carboxylic acids is 1. The van der Waals surface area contributed by atoms with Gasteiger partial charge in [0.2, 0.25) is 15.9 Å². The number of sulfonamides is 1. The molecule has 1 aliphatic rings. The molecule has 0 unspecified atom stereocenters. The lowest BCUT2D eigenvalue weighted by molar-refractivity contribution is -0.128. The molecule has 0 aliphatic carbocycles. The highest BCUT2D eigenvalue weighted by Gasteiger charge is 2.35. The van der Waals surface area contributed by atoms with Gasteiger partial charge in [0.25, 0.3) is 0 Å². The largest absolute Gasteiger partial charge is 0.349 e. The molecule has 2 aromatic rings. The van der Waals surface area contributed by atoms with Gasteiger partial charge in [0.15, 0.2) is 11.0 Å². The Morgan fingerprint density at radius 3 is 2.87 bits per heavy atom. The van der Waals surface area contributed by atoms with Gasteiger partial charge >= 0.3 is 0 Å². The van der Waals surface area contributed by atoms with Gasteiger partial charge in [-0.3, -0.25) is 4.79 Å². The predicted molar refractivity (Wildman–Crippen MR) is 112 cm³/mol. The van der Waals surface area contributed by atoms with Crippen molar-refractivity contribution in [1.29, 1.82) is 0 Å². The van der Waals surface area contributed by atoms with E-state index in [1.807, 2.05) is 6.92 Å². The van der Waals surface area contributed by atoms with E-state index in [2.05, 4.69) is 15.0 Å². The second-order valence-electron chi connectivity index (χ2n) is 7.18. The van der Waals surface area contributed by atoms with Gasteiger partial charge in [0, 0.05) is 47.6 Å². The summed E-state index contributed by atoms with van der Waals surface area (Å²) in [6.07, 6.45) is 0.647. The Hall–Kier alpha value is -2.04. The summed E-state index contributed by atoms with van der Waals surface area (Å²) in [4.78, 5) is 23.4. The molecule has 1 fully saturated rings. The smallest absolute Gasteiger partial charge is 0.223 e. The van der Waals surface area contributed by atoms with E-state index in [4.69, 9.17) is 19.8 Å². The Labute approximate surface area is 188 Å². The average molecular weight is 464 g/mol. The lowest BCUT2D eigenvalue weighted by Crippen LogP contribution is -2.43. The van der Waals surface area contributed by atoms with E-state index in [0.717, 1.165) is 6.20 Å². The number of amides is 1. The fraction of sp³-hybridized carbons (Fsp3) is 0.526. The first-order valence-corrected chi connectivity index (χ1v) is 11.2. The molecule has 0 spiro atoms. The third kappa shape index (κ3) is 4.98. The first kappa shape index (κ1) is 15.7. The molecular formula is C19H25ClFN5O3S. The molecule has 3 heterocycles. The number of carbonyl (C=O) groups is 1. The number of piperidine rings is 1. The van der Waals surface area contributed by atoms with Crippen molar-refractivity contribution >= 4 is 27.5 Å². The molecule has 1 saturated heterocycles. The van der Waals surface area contributed by atoms with Crippen LogP contribution in [0.3, 0.4) is 0 Å². The maximum atomic E-state index is 13.2. The number of pyridine rings is 1. The van der Waals surface area contributed by atoms with Crippen molar-refractivity contribution in [2.24, 2.45) is 5.92 Å². The summed E-state index contributed by atoms with van der Waals surface area (Å²) in [5, 5.41) is 0.198. The molecule has 1 aliphatic heterocycles. The number of rotatable bonds is 6. The van der Waals surface area contributed by atoms with Crippen molar-refractivity contribution in [1.82, 2.24) is 24.2 Å². The summed E-state index contributed by atoms with van der Waals surface area (Å²) in [6.45, 7) is -4.43. The predicted octanol–water partition coefficient (Wildman–Crippen LogP) is 2.50. The fourth-order valence-corrected chi connectivity index (χ4v) is 5.30. The molecule has 3 rings (SSSR count). The molecule has 2 aromatic heterocycles. The van der Waals surface area contributed by atoms with Crippen LogP contribution in [0.15, 0.2) is 18.3 Å². The fourth-order valence-electron chi connectivity index (χ4n) is 3.49. The first-order chi connectivity index (χ1) is 16.5. The van der Waals surface area contributed by atoms with Gasteiger partial charge in [-0.05, 0) is 24.5 Å². The minimum Gasteiger partial charge on any atom is -0.349 e. The van der Waals surface area contributed by atoms with Gasteiger partial charge in [-0.2, -0.15) is 0 Å². The van der Waals surface area contributed by atoms with Crippen LogP contribution in [0.25, 0.3) is 11.5 Å². The molecule has 1 amide bonds. The van der Waals surface area contributed by atoms with Crippen LogP contribution in [0.4, 0.5) is 4.39 Å². The molecule has 164 valence electrons. The van der Waals surface area contributed by atoms with Crippen molar-refractivity contribution in [2.45, 2.75) is 25.7 Å². The number of H-pyrrole nitrogens is 1. The Morgan fingerprint density at radius 1 is 1.47 bits per heavy atom. The van der Waals surface area contributed by atoms with Crippen LogP contribution < -0.4 is 0 Å². The maximum Gasteiger partial charge on any atom is 0.223 e. The zero-order valence-electron chi connectivity index (χ0n) is 22.1. The van der Waals surface area contributed by atoms with E-state index in [-0.39, 0.29) is 35.0 Å². The Morgan fingerprint density at radius 2 is 2.23 bits per heavy atom. The highest BCUT2D eigenvalue weighted by Crippen LogP contribution is 2.37. The highest BCUT2D eigenvalue weighted by atomic mass is 35.5. The zero-order chi connectivity index (χ0) is 27.1. The van der Waals surface area contributed by atoms with Crippen LogP contribution >= 0.6 is 11.6 Å². The normalized spacial score (nSPS) is 24.1. The van der Waals surface area contributed by atoms with Crippen LogP contribution in [0.5, 0.6) is 0 Å². The second-order valence-corrected chi connectivity index (χ2v) is 9.62. The lowest BCUT2D eigenvalue weighted by atomic mass is 9.86. The average Bonchev–Trinajstić information content (AvgIpc) is 3.12. The summed E-state index contributed by atoms with van der Waals surface area (Å²) in [5.74, 6) is -2.55. The summed E-state index contributed by atoms with van der Waals surface area (Å²) < 4.78 is 83.9. The van der Waals surface area contributed by atoms with Gasteiger partial charge < -0.3 is 9.88 Å². The molecule has 8 nitrogen and oxygen atoms in total. The molecule has 30 heavy (non-hydrogen) atoms. The molecule has 0 bridgehead atoms. The van der Waals surface area contributed by atoms with Crippen molar-refractivity contribution in [3.8, 4) is 11.5 Å². The van der Waals surface area contributed by atoms with Crippen LogP contribution in [-0.4, -0.2) is 71.3 Å². The number of nitrogens with one attached hydrogen (secondary N) is 1. The van der Waals surface area contributed by atoms with Gasteiger partial charge in [-0.1, -0.05) is 18.5 Å². The van der Waals surface area contributed by atoms with Crippen LogP contribution in [0.2, 0.25) is 5.15 Å². The number of imidazole rings is 1. The summed E-state index contributed by atoms with van der Waals surface area (Å²) in [5.41, 5.74) is 0.994. The van der Waals surface area contributed by atoms with Gasteiger partial charge in [-0.15, -0.1) is 0 Å². The third-order valence-corrected chi connectivity index (χ3v) is 7.24. The molecule has 0 saturated carbocycles. The number of halogens is 2. The van der Waals surface area contributed by atoms with Crippen LogP contribution in [0, 0.1) is 11.7 Å². The summed E-state index contributed by atoms with van der Waals surface area (Å²) >= 11 is 6.33. The van der Waals surface area contributed by atoms with Crippen LogP contribution in [-0.2, 0) is 14.8 Å². The van der Waals surface area contributed by atoms with E-state index >= 15 is 0 Å². The van der Waals surface area contributed by atoms with Gasteiger partial charge in [0.05, 0.1) is 17.6 Å². The molecular weight excluding hydrogens is 433 g/mol. The minimum absolute atomic E-state index is 0.100. The highest BCUT2D eigenvalue weighted by molar-refractivity contribution is 7.89. The summed E-state index contributed by atoms with van der Waals surface area (Å²) in [7, 11) is -3.98. The molecule has 11 heteroatoms. The van der Waals surface area contributed by atoms with E-state index in [9.17, 15) is 17.6 Å². The summed E-state index contributed by atoms with van der Waals surface area (Å²) in [6, 6.07) is 2.69. The topological polar surface area (TPSA) is 99.3 Å². The van der Waals surface area contributed by atoms with Gasteiger partial charge in [0.1, 0.15) is 11.5 Å². The van der Waals surface area contributed by atoms with Crippen molar-refractivity contribution in [3.05, 3.63) is 35.0 Å². The van der Waals surface area contributed by atoms with Crippen molar-refractivity contribution in [2.75, 3.05) is 32.8 Å². The van der Waals surface area contributed by atoms with E-state index in [1.54, 1.807) is 0 Å². The third-order valence-electron chi connectivity index (χ3n) is 5.11. The van der Waals surface area contributed by atoms with Gasteiger partial charge in [-0.25, -0.2) is 27.1 Å². The van der Waals surface area contributed by atoms with E-state index in [1.165, 1.54) is 16.4 Å².